The Morgan fingerprint density at radius 2 is 2.00 bits per heavy atom. The molecule has 116 valence electrons. The third-order valence-electron chi connectivity index (χ3n) is 3.20. The topological polar surface area (TPSA) is 67.2 Å². The SMILES string of the molecule is CCC[C@H]1C(=N)c2ccc(OCC(F)(F)F)cc2S1(=O)=O. The Balaban J connectivity index is 2.34. The van der Waals surface area contributed by atoms with Crippen LogP contribution in [0.25, 0.3) is 0 Å². The van der Waals surface area contributed by atoms with Gasteiger partial charge in [-0.2, -0.15) is 13.2 Å². The lowest BCUT2D eigenvalue weighted by atomic mass is 10.0. The molecule has 1 aromatic rings. The van der Waals surface area contributed by atoms with Crippen LogP contribution in [0.2, 0.25) is 0 Å². The van der Waals surface area contributed by atoms with Crippen molar-refractivity contribution >= 4 is 15.5 Å². The summed E-state index contributed by atoms with van der Waals surface area (Å²) in [4.78, 5) is -0.120. The van der Waals surface area contributed by atoms with Crippen molar-refractivity contribution in [2.45, 2.75) is 36.1 Å². The minimum Gasteiger partial charge on any atom is -0.484 e. The van der Waals surface area contributed by atoms with Gasteiger partial charge in [0.05, 0.1) is 10.6 Å². The number of hydrogen-bond donors (Lipinski definition) is 1. The van der Waals surface area contributed by atoms with Gasteiger partial charge in [0.15, 0.2) is 16.4 Å². The van der Waals surface area contributed by atoms with Crippen LogP contribution >= 0.6 is 0 Å². The number of fused-ring (bicyclic) bond motifs is 1. The highest BCUT2D eigenvalue weighted by atomic mass is 32.2. The van der Waals surface area contributed by atoms with Crippen LogP contribution in [-0.4, -0.2) is 32.2 Å². The summed E-state index contributed by atoms with van der Waals surface area (Å²) in [5, 5.41) is 7.00. The summed E-state index contributed by atoms with van der Waals surface area (Å²) >= 11 is 0. The fourth-order valence-corrected chi connectivity index (χ4v) is 4.31. The van der Waals surface area contributed by atoms with Gasteiger partial charge in [-0.1, -0.05) is 13.3 Å². The van der Waals surface area contributed by atoms with Crippen LogP contribution < -0.4 is 4.74 Å². The summed E-state index contributed by atoms with van der Waals surface area (Å²) in [6, 6.07) is 3.65. The first-order valence-corrected chi connectivity index (χ1v) is 7.87. The maximum absolute atomic E-state index is 12.3. The second-order valence-electron chi connectivity index (χ2n) is 4.80. The van der Waals surface area contributed by atoms with Gasteiger partial charge < -0.3 is 10.1 Å². The van der Waals surface area contributed by atoms with E-state index < -0.39 is 27.9 Å². The van der Waals surface area contributed by atoms with Crippen LogP contribution in [0.5, 0.6) is 5.75 Å². The quantitative estimate of drug-likeness (QED) is 0.927. The van der Waals surface area contributed by atoms with Gasteiger partial charge >= 0.3 is 6.18 Å². The predicted octanol–water partition coefficient (Wildman–Crippen LogP) is 2.95. The van der Waals surface area contributed by atoms with Crippen molar-refractivity contribution in [1.82, 2.24) is 0 Å². The van der Waals surface area contributed by atoms with Crippen molar-refractivity contribution < 1.29 is 26.3 Å². The molecule has 0 aromatic heterocycles. The van der Waals surface area contributed by atoms with Crippen LogP contribution in [0.15, 0.2) is 23.1 Å². The summed E-state index contributed by atoms with van der Waals surface area (Å²) in [6.07, 6.45) is -3.58. The molecule has 0 saturated carbocycles. The Bertz CT molecular complexity index is 668. The van der Waals surface area contributed by atoms with E-state index in [2.05, 4.69) is 4.74 Å². The second-order valence-corrected chi connectivity index (χ2v) is 6.90. The molecular formula is C13H14F3NO3S. The molecule has 21 heavy (non-hydrogen) atoms. The molecule has 1 aromatic carbocycles. The molecule has 1 aliphatic rings. The predicted molar refractivity (Wildman–Crippen MR) is 70.7 cm³/mol. The Hall–Kier alpha value is -1.57. The van der Waals surface area contributed by atoms with E-state index in [1.807, 2.05) is 6.92 Å². The molecule has 0 unspecified atom stereocenters. The Labute approximate surface area is 120 Å². The molecule has 1 heterocycles. The smallest absolute Gasteiger partial charge is 0.422 e. The van der Waals surface area contributed by atoms with Gasteiger partial charge in [-0.05, 0) is 24.6 Å². The van der Waals surface area contributed by atoms with Crippen molar-refractivity contribution in [1.29, 1.82) is 5.41 Å². The first-order chi connectivity index (χ1) is 9.66. The Morgan fingerprint density at radius 1 is 1.33 bits per heavy atom. The molecule has 0 spiro atoms. The molecule has 0 radical (unpaired) electrons. The van der Waals surface area contributed by atoms with Crippen LogP contribution in [0, 0.1) is 5.41 Å². The molecule has 0 saturated heterocycles. The average Bonchev–Trinajstić information content (AvgIpc) is 2.57. The van der Waals surface area contributed by atoms with Gasteiger partial charge in [0.25, 0.3) is 0 Å². The van der Waals surface area contributed by atoms with Crippen molar-refractivity contribution in [3.63, 3.8) is 0 Å². The molecule has 0 bridgehead atoms. The van der Waals surface area contributed by atoms with E-state index in [1.54, 1.807) is 0 Å². The molecule has 1 aliphatic heterocycles. The molecule has 1 N–H and O–H groups in total. The monoisotopic (exact) mass is 321 g/mol. The van der Waals surface area contributed by atoms with Crippen molar-refractivity contribution in [3.8, 4) is 5.75 Å². The lowest BCUT2D eigenvalue weighted by molar-refractivity contribution is -0.153. The summed E-state index contributed by atoms with van der Waals surface area (Å²) in [7, 11) is -3.72. The summed E-state index contributed by atoms with van der Waals surface area (Å²) in [5.41, 5.74) is 0.238. The largest absolute Gasteiger partial charge is 0.484 e. The number of nitrogens with one attached hydrogen (secondary N) is 1. The highest BCUT2D eigenvalue weighted by molar-refractivity contribution is 7.93. The van der Waals surface area contributed by atoms with E-state index in [4.69, 9.17) is 5.41 Å². The van der Waals surface area contributed by atoms with Gasteiger partial charge in [-0.15, -0.1) is 0 Å². The zero-order chi connectivity index (χ0) is 15.8. The highest BCUT2D eigenvalue weighted by Gasteiger charge is 2.41. The summed E-state index contributed by atoms with van der Waals surface area (Å²) in [6.45, 7) is 0.325. The van der Waals surface area contributed by atoms with Gasteiger partial charge in [-0.3, -0.25) is 0 Å². The molecule has 0 fully saturated rings. The fraction of sp³-hybridized carbons (Fsp3) is 0.462. The van der Waals surface area contributed by atoms with E-state index in [9.17, 15) is 21.6 Å². The number of benzene rings is 1. The molecule has 1 atom stereocenters. The van der Waals surface area contributed by atoms with Crippen molar-refractivity contribution in [2.24, 2.45) is 0 Å². The average molecular weight is 321 g/mol. The lowest BCUT2D eigenvalue weighted by Gasteiger charge is -2.10. The molecule has 0 aliphatic carbocycles. The van der Waals surface area contributed by atoms with Gasteiger partial charge in [-0.25, -0.2) is 8.42 Å². The lowest BCUT2D eigenvalue weighted by Crippen LogP contribution is -2.22. The molecule has 2 rings (SSSR count). The molecular weight excluding hydrogens is 307 g/mol. The second kappa shape index (κ2) is 5.32. The van der Waals surface area contributed by atoms with Crippen LogP contribution in [0.1, 0.15) is 25.3 Å². The first-order valence-electron chi connectivity index (χ1n) is 6.33. The van der Waals surface area contributed by atoms with E-state index in [1.165, 1.54) is 12.1 Å². The number of hydrogen-bond acceptors (Lipinski definition) is 4. The third-order valence-corrected chi connectivity index (χ3v) is 5.37. The standard InChI is InChI=1S/C13H14F3NO3S/c1-2-3-10-12(17)9-5-4-8(20-7-13(14,15)16)6-11(9)21(10,18)19/h4-6,10,17H,2-3,7H2,1H3/t10-/m0/s1. The molecule has 8 heteroatoms. The summed E-state index contributed by atoms with van der Waals surface area (Å²) in [5.74, 6) is -0.167. The minimum atomic E-state index is -4.49. The number of halogens is 3. The van der Waals surface area contributed by atoms with Gasteiger partial charge in [0.2, 0.25) is 0 Å². The Morgan fingerprint density at radius 3 is 2.57 bits per heavy atom. The fourth-order valence-electron chi connectivity index (χ4n) is 2.26. The van der Waals surface area contributed by atoms with E-state index in [0.717, 1.165) is 6.07 Å². The van der Waals surface area contributed by atoms with Crippen molar-refractivity contribution in [3.05, 3.63) is 23.8 Å². The highest BCUT2D eigenvalue weighted by Crippen LogP contribution is 2.36. The van der Waals surface area contributed by atoms with Gasteiger partial charge in [0.1, 0.15) is 11.0 Å². The normalized spacial score (nSPS) is 20.4. The van der Waals surface area contributed by atoms with E-state index >= 15 is 0 Å². The number of rotatable bonds is 4. The van der Waals surface area contributed by atoms with E-state index in [0.29, 0.717) is 12.8 Å². The maximum atomic E-state index is 12.3. The van der Waals surface area contributed by atoms with Crippen LogP contribution in [-0.2, 0) is 9.84 Å². The minimum absolute atomic E-state index is 0.00535. The molecule has 4 nitrogen and oxygen atoms in total. The van der Waals surface area contributed by atoms with Crippen LogP contribution in [0.3, 0.4) is 0 Å². The zero-order valence-electron chi connectivity index (χ0n) is 11.2. The third kappa shape index (κ3) is 3.04. The number of sulfone groups is 1. The van der Waals surface area contributed by atoms with Gasteiger partial charge in [0, 0.05) is 5.56 Å². The van der Waals surface area contributed by atoms with E-state index in [-0.39, 0.29) is 21.9 Å². The summed E-state index contributed by atoms with van der Waals surface area (Å²) < 4.78 is 65.5. The van der Waals surface area contributed by atoms with Crippen LogP contribution in [0.4, 0.5) is 13.2 Å². The van der Waals surface area contributed by atoms with Crippen molar-refractivity contribution in [2.75, 3.05) is 6.61 Å². The molecule has 0 amide bonds. The Kier molecular flexibility index (Phi) is 4.01. The zero-order valence-corrected chi connectivity index (χ0v) is 12.0. The number of ether oxygens (including phenoxy) is 1. The first kappa shape index (κ1) is 15.8. The number of alkyl halides is 3. The maximum Gasteiger partial charge on any atom is 0.422 e.